The summed E-state index contributed by atoms with van der Waals surface area (Å²) in [7, 11) is 0. The van der Waals surface area contributed by atoms with Crippen LogP contribution in [-0.2, 0) is 4.79 Å². The van der Waals surface area contributed by atoms with Gasteiger partial charge in [0.1, 0.15) is 0 Å². The second-order valence-electron chi connectivity index (χ2n) is 4.43. The van der Waals surface area contributed by atoms with Crippen LogP contribution in [0.1, 0.15) is 20.8 Å². The van der Waals surface area contributed by atoms with Crippen LogP contribution in [-0.4, -0.2) is 42.5 Å². The lowest BCUT2D eigenvalue weighted by molar-refractivity contribution is -0.126. The van der Waals surface area contributed by atoms with Crippen molar-refractivity contribution in [2.75, 3.05) is 19.6 Å². The SMILES string of the molecule is CC(C)C1CN(C(C)CN)CC(=O)N1. The quantitative estimate of drug-likeness (QED) is 0.661. The molecule has 0 saturated carbocycles. The molecule has 0 bridgehead atoms. The Morgan fingerprint density at radius 2 is 2.21 bits per heavy atom. The van der Waals surface area contributed by atoms with Gasteiger partial charge in [-0.05, 0) is 12.8 Å². The molecule has 1 aliphatic heterocycles. The van der Waals surface area contributed by atoms with Crippen LogP contribution in [0, 0.1) is 5.92 Å². The van der Waals surface area contributed by atoms with Crippen LogP contribution >= 0.6 is 0 Å². The van der Waals surface area contributed by atoms with Gasteiger partial charge in [0.25, 0.3) is 0 Å². The minimum Gasteiger partial charge on any atom is -0.351 e. The van der Waals surface area contributed by atoms with Crippen LogP contribution in [0.15, 0.2) is 0 Å². The van der Waals surface area contributed by atoms with Gasteiger partial charge in [-0.1, -0.05) is 13.8 Å². The maximum atomic E-state index is 11.4. The molecule has 4 nitrogen and oxygen atoms in total. The summed E-state index contributed by atoms with van der Waals surface area (Å²) >= 11 is 0. The number of nitrogens with one attached hydrogen (secondary N) is 1. The Hall–Kier alpha value is -0.610. The van der Waals surface area contributed by atoms with Gasteiger partial charge >= 0.3 is 0 Å². The number of hydrogen-bond donors (Lipinski definition) is 2. The lowest BCUT2D eigenvalue weighted by Gasteiger charge is -2.38. The number of hydrogen-bond acceptors (Lipinski definition) is 3. The van der Waals surface area contributed by atoms with Crippen molar-refractivity contribution in [3.63, 3.8) is 0 Å². The third kappa shape index (κ3) is 2.69. The summed E-state index contributed by atoms with van der Waals surface area (Å²) in [6.45, 7) is 8.33. The summed E-state index contributed by atoms with van der Waals surface area (Å²) in [5.41, 5.74) is 5.60. The van der Waals surface area contributed by atoms with Crippen molar-refractivity contribution in [2.24, 2.45) is 11.7 Å². The molecule has 3 N–H and O–H groups in total. The largest absolute Gasteiger partial charge is 0.351 e. The number of rotatable bonds is 3. The Morgan fingerprint density at radius 3 is 2.71 bits per heavy atom. The fourth-order valence-electron chi connectivity index (χ4n) is 1.66. The maximum Gasteiger partial charge on any atom is 0.234 e. The standard InChI is InChI=1S/C10H21N3O/c1-7(2)9-5-13(8(3)4-11)6-10(14)12-9/h7-9H,4-6,11H2,1-3H3,(H,12,14). The molecule has 14 heavy (non-hydrogen) atoms. The predicted octanol–water partition coefficient (Wildman–Crippen LogP) is -0.210. The van der Waals surface area contributed by atoms with Gasteiger partial charge < -0.3 is 11.1 Å². The first kappa shape index (κ1) is 11.5. The Morgan fingerprint density at radius 1 is 1.57 bits per heavy atom. The number of piperazine rings is 1. The average molecular weight is 199 g/mol. The highest BCUT2D eigenvalue weighted by molar-refractivity contribution is 5.79. The highest BCUT2D eigenvalue weighted by atomic mass is 16.2. The van der Waals surface area contributed by atoms with Crippen LogP contribution in [0.25, 0.3) is 0 Å². The van der Waals surface area contributed by atoms with Crippen LogP contribution < -0.4 is 11.1 Å². The maximum absolute atomic E-state index is 11.4. The number of nitrogens with zero attached hydrogens (tertiary/aromatic N) is 1. The summed E-state index contributed by atoms with van der Waals surface area (Å²) in [4.78, 5) is 13.6. The topological polar surface area (TPSA) is 58.4 Å². The van der Waals surface area contributed by atoms with Gasteiger partial charge in [0.15, 0.2) is 0 Å². The normalized spacial score (nSPS) is 26.4. The molecule has 0 spiro atoms. The fourth-order valence-corrected chi connectivity index (χ4v) is 1.66. The van der Waals surface area contributed by atoms with E-state index in [0.717, 1.165) is 6.54 Å². The molecule has 0 aromatic carbocycles. The van der Waals surface area contributed by atoms with Gasteiger partial charge in [-0.15, -0.1) is 0 Å². The highest BCUT2D eigenvalue weighted by Gasteiger charge is 2.28. The smallest absolute Gasteiger partial charge is 0.234 e. The second kappa shape index (κ2) is 4.75. The van der Waals surface area contributed by atoms with Gasteiger partial charge in [-0.2, -0.15) is 0 Å². The lowest BCUT2D eigenvalue weighted by Crippen LogP contribution is -2.59. The molecule has 0 aromatic heterocycles. The summed E-state index contributed by atoms with van der Waals surface area (Å²) in [6, 6.07) is 0.563. The van der Waals surface area contributed by atoms with E-state index in [4.69, 9.17) is 5.73 Å². The third-order valence-electron chi connectivity index (χ3n) is 2.89. The van der Waals surface area contributed by atoms with E-state index < -0.39 is 0 Å². The van der Waals surface area contributed by atoms with E-state index in [1.54, 1.807) is 0 Å². The monoisotopic (exact) mass is 199 g/mol. The molecule has 1 fully saturated rings. The first-order valence-electron chi connectivity index (χ1n) is 5.28. The number of amides is 1. The molecule has 0 radical (unpaired) electrons. The van der Waals surface area contributed by atoms with Crippen LogP contribution in [0.2, 0.25) is 0 Å². The highest BCUT2D eigenvalue weighted by Crippen LogP contribution is 2.10. The zero-order chi connectivity index (χ0) is 10.7. The molecule has 0 aromatic rings. The lowest BCUT2D eigenvalue weighted by atomic mass is 10.0. The minimum atomic E-state index is 0.121. The van der Waals surface area contributed by atoms with Gasteiger partial charge in [0, 0.05) is 25.2 Å². The molecular weight excluding hydrogens is 178 g/mol. The van der Waals surface area contributed by atoms with E-state index >= 15 is 0 Å². The molecule has 1 saturated heterocycles. The Bertz CT molecular complexity index is 206. The Kier molecular flexibility index (Phi) is 3.89. The van der Waals surface area contributed by atoms with Crippen LogP contribution in [0.5, 0.6) is 0 Å². The van der Waals surface area contributed by atoms with Gasteiger partial charge in [0.05, 0.1) is 6.54 Å². The van der Waals surface area contributed by atoms with Gasteiger partial charge in [-0.25, -0.2) is 0 Å². The van der Waals surface area contributed by atoms with Crippen molar-refractivity contribution in [2.45, 2.75) is 32.9 Å². The first-order chi connectivity index (χ1) is 6.54. The molecule has 2 atom stereocenters. The van der Waals surface area contributed by atoms with E-state index in [2.05, 4.69) is 31.0 Å². The zero-order valence-corrected chi connectivity index (χ0v) is 9.29. The molecule has 2 unspecified atom stereocenters. The molecule has 82 valence electrons. The third-order valence-corrected chi connectivity index (χ3v) is 2.89. The molecule has 0 aliphatic carbocycles. The number of nitrogens with two attached hydrogens (primary N) is 1. The Labute approximate surface area is 85.8 Å². The van der Waals surface area contributed by atoms with E-state index in [1.807, 2.05) is 0 Å². The van der Waals surface area contributed by atoms with E-state index in [0.29, 0.717) is 25.0 Å². The van der Waals surface area contributed by atoms with Crippen molar-refractivity contribution >= 4 is 5.91 Å². The van der Waals surface area contributed by atoms with Crippen molar-refractivity contribution in [3.05, 3.63) is 0 Å². The van der Waals surface area contributed by atoms with Gasteiger partial charge in [0.2, 0.25) is 5.91 Å². The van der Waals surface area contributed by atoms with Gasteiger partial charge in [-0.3, -0.25) is 9.69 Å². The summed E-state index contributed by atoms with van der Waals surface area (Å²) in [5.74, 6) is 0.599. The van der Waals surface area contributed by atoms with E-state index in [1.165, 1.54) is 0 Å². The zero-order valence-electron chi connectivity index (χ0n) is 9.29. The van der Waals surface area contributed by atoms with Crippen molar-refractivity contribution < 1.29 is 4.79 Å². The summed E-state index contributed by atoms with van der Waals surface area (Å²) in [6.07, 6.45) is 0. The molecule has 1 amide bonds. The Balaban J connectivity index is 2.58. The van der Waals surface area contributed by atoms with E-state index in [9.17, 15) is 4.79 Å². The summed E-state index contributed by atoms with van der Waals surface area (Å²) in [5, 5.41) is 3.00. The molecule has 1 aliphatic rings. The van der Waals surface area contributed by atoms with Crippen molar-refractivity contribution in [1.82, 2.24) is 10.2 Å². The molecule has 4 heteroatoms. The minimum absolute atomic E-state index is 0.121. The first-order valence-corrected chi connectivity index (χ1v) is 5.28. The fraction of sp³-hybridized carbons (Fsp3) is 0.900. The van der Waals surface area contributed by atoms with Crippen LogP contribution in [0.3, 0.4) is 0 Å². The molecule has 1 heterocycles. The predicted molar refractivity (Wildman–Crippen MR) is 56.9 cm³/mol. The number of carbonyl (C=O) groups is 1. The number of carbonyl (C=O) groups excluding carboxylic acids is 1. The van der Waals surface area contributed by atoms with Crippen LogP contribution in [0.4, 0.5) is 0 Å². The molecular formula is C10H21N3O. The van der Waals surface area contributed by atoms with Crippen molar-refractivity contribution in [1.29, 1.82) is 0 Å². The van der Waals surface area contributed by atoms with Crippen molar-refractivity contribution in [3.8, 4) is 0 Å². The second-order valence-corrected chi connectivity index (χ2v) is 4.43. The molecule has 1 rings (SSSR count). The van der Waals surface area contributed by atoms with E-state index in [-0.39, 0.29) is 11.9 Å². The average Bonchev–Trinajstić information content (AvgIpc) is 2.15. The summed E-state index contributed by atoms with van der Waals surface area (Å²) < 4.78 is 0.